The van der Waals surface area contributed by atoms with Crippen LogP contribution in [0.15, 0.2) is 30.3 Å². The molecular formula is C8H11Si2. The molecule has 3 radical (unpaired) electrons. The molecule has 0 saturated heterocycles. The molecule has 0 aromatic heterocycles. The highest BCUT2D eigenvalue weighted by Crippen LogP contribution is 1.83. The third-order valence-corrected chi connectivity index (χ3v) is 4.66. The molecule has 0 amide bonds. The average Bonchev–Trinajstić information content (AvgIpc) is 1.88. The van der Waals surface area contributed by atoms with Gasteiger partial charge in [-0.3, -0.25) is 0 Å². The van der Waals surface area contributed by atoms with Crippen molar-refractivity contribution < 1.29 is 0 Å². The molecule has 0 fully saturated rings. The van der Waals surface area contributed by atoms with Gasteiger partial charge in [0.1, 0.15) is 0 Å². The fourth-order valence-corrected chi connectivity index (χ4v) is 3.98. The van der Waals surface area contributed by atoms with Gasteiger partial charge in [-0.2, -0.15) is 0 Å². The number of rotatable bonds is 2. The van der Waals surface area contributed by atoms with E-state index in [0.717, 1.165) is 9.04 Å². The second-order valence-corrected chi connectivity index (χ2v) is 9.07. The molecule has 0 aliphatic rings. The van der Waals surface area contributed by atoms with Crippen molar-refractivity contribution in [2.75, 3.05) is 0 Å². The van der Waals surface area contributed by atoms with Crippen LogP contribution in [-0.2, 0) is 0 Å². The summed E-state index contributed by atoms with van der Waals surface area (Å²) in [7, 11) is 1.00. The molecular weight excluding hydrogens is 152 g/mol. The fraction of sp³-hybridized carbons (Fsp3) is 0.250. The van der Waals surface area contributed by atoms with E-state index in [4.69, 9.17) is 0 Å². The summed E-state index contributed by atoms with van der Waals surface area (Å²) in [6.07, 6.45) is 0. The van der Waals surface area contributed by atoms with Gasteiger partial charge in [0.15, 0.2) is 0 Å². The molecule has 0 aliphatic heterocycles. The Morgan fingerprint density at radius 2 is 1.70 bits per heavy atom. The maximum atomic E-state index is 2.36. The Balaban J connectivity index is 2.59. The second kappa shape index (κ2) is 3.73. The summed E-state index contributed by atoms with van der Waals surface area (Å²) in [5.41, 5.74) is 0. The van der Waals surface area contributed by atoms with Gasteiger partial charge in [0.05, 0.1) is 9.04 Å². The minimum absolute atomic E-state index is 0.0592. The van der Waals surface area contributed by atoms with E-state index in [1.54, 1.807) is 0 Å². The first-order chi connectivity index (χ1) is 4.79. The van der Waals surface area contributed by atoms with Gasteiger partial charge in [0.2, 0.25) is 0 Å². The molecule has 10 heavy (non-hydrogen) atoms. The van der Waals surface area contributed by atoms with Crippen molar-refractivity contribution in [3.8, 4) is 0 Å². The van der Waals surface area contributed by atoms with Gasteiger partial charge in [0.25, 0.3) is 0 Å². The molecule has 0 atom stereocenters. The normalized spacial score (nSPS) is 10.3. The van der Waals surface area contributed by atoms with Gasteiger partial charge in [-0.15, -0.1) is 0 Å². The van der Waals surface area contributed by atoms with Crippen molar-refractivity contribution in [3.63, 3.8) is 0 Å². The molecule has 0 heterocycles. The quantitative estimate of drug-likeness (QED) is 0.576. The molecule has 0 spiro atoms. The average molecular weight is 163 g/mol. The molecule has 1 rings (SSSR count). The summed E-state index contributed by atoms with van der Waals surface area (Å²) in [6, 6.07) is 10.7. The van der Waals surface area contributed by atoms with E-state index < -0.39 is 0 Å². The molecule has 0 nitrogen and oxygen atoms in total. The molecule has 0 saturated carbocycles. The van der Waals surface area contributed by atoms with E-state index in [1.165, 1.54) is 5.19 Å². The number of hydrogen-bond acceptors (Lipinski definition) is 0. The van der Waals surface area contributed by atoms with Crippen molar-refractivity contribution in [2.24, 2.45) is 0 Å². The largest absolute Gasteiger partial charge is 0.0734 e. The van der Waals surface area contributed by atoms with Crippen molar-refractivity contribution in [2.45, 2.75) is 13.1 Å². The van der Waals surface area contributed by atoms with Crippen LogP contribution in [0.4, 0.5) is 0 Å². The van der Waals surface area contributed by atoms with E-state index in [1.807, 2.05) is 0 Å². The standard InChI is InChI=1S/C8H11Si2/c1-10(2)9-8-6-4-3-5-7-8/h3-7H,1-2H3. The van der Waals surface area contributed by atoms with Crippen LogP contribution < -0.4 is 5.19 Å². The summed E-state index contributed by atoms with van der Waals surface area (Å²) in [5, 5.41) is 1.52. The Morgan fingerprint density at radius 3 is 2.20 bits per heavy atom. The van der Waals surface area contributed by atoms with Crippen LogP contribution >= 0.6 is 0 Å². The first-order valence-corrected chi connectivity index (χ1v) is 7.91. The fourth-order valence-electron chi connectivity index (χ4n) is 0.810. The van der Waals surface area contributed by atoms with Gasteiger partial charge in [-0.05, 0) is 0 Å². The predicted octanol–water partition coefficient (Wildman–Crippen LogP) is 1.27. The summed E-state index contributed by atoms with van der Waals surface area (Å²) in [4.78, 5) is 0. The topological polar surface area (TPSA) is 0 Å². The van der Waals surface area contributed by atoms with Gasteiger partial charge >= 0.3 is 0 Å². The Bertz CT molecular complexity index is 182. The third-order valence-electron chi connectivity index (χ3n) is 1.17. The summed E-state index contributed by atoms with van der Waals surface area (Å²) in [5.74, 6) is 0. The first kappa shape index (κ1) is 7.76. The molecule has 51 valence electrons. The lowest BCUT2D eigenvalue weighted by Crippen LogP contribution is -2.26. The van der Waals surface area contributed by atoms with Gasteiger partial charge in [-0.25, -0.2) is 0 Å². The Hall–Kier alpha value is -0.346. The SMILES string of the molecule is C[Si](C)[Si]c1ccccc1. The van der Waals surface area contributed by atoms with Crippen LogP contribution in [0.5, 0.6) is 0 Å². The zero-order valence-corrected chi connectivity index (χ0v) is 8.39. The Kier molecular flexibility index (Phi) is 2.90. The van der Waals surface area contributed by atoms with Crippen LogP contribution in [0.2, 0.25) is 13.1 Å². The molecule has 2 heteroatoms. The summed E-state index contributed by atoms with van der Waals surface area (Å²) >= 11 is 0. The van der Waals surface area contributed by atoms with E-state index in [0.29, 0.717) is 0 Å². The molecule has 0 bridgehead atoms. The highest BCUT2D eigenvalue weighted by atomic mass is 29.2. The molecule has 0 aliphatic carbocycles. The van der Waals surface area contributed by atoms with Gasteiger partial charge in [-0.1, -0.05) is 48.6 Å². The minimum atomic E-state index is -0.0592. The lowest BCUT2D eigenvalue weighted by atomic mass is 10.4. The van der Waals surface area contributed by atoms with Crippen LogP contribution in [-0.4, -0.2) is 17.4 Å². The van der Waals surface area contributed by atoms with Crippen molar-refractivity contribution in [1.29, 1.82) is 0 Å². The summed E-state index contributed by atoms with van der Waals surface area (Å²) in [6.45, 7) is 4.71. The Labute approximate surface area is 66.5 Å². The minimum Gasteiger partial charge on any atom is -0.0734 e. The Morgan fingerprint density at radius 1 is 1.10 bits per heavy atom. The lowest BCUT2D eigenvalue weighted by Gasteiger charge is -1.99. The molecule has 0 unspecified atom stereocenters. The van der Waals surface area contributed by atoms with Crippen molar-refractivity contribution in [3.05, 3.63) is 30.3 Å². The predicted molar refractivity (Wildman–Crippen MR) is 49.3 cm³/mol. The van der Waals surface area contributed by atoms with Gasteiger partial charge in [0, 0.05) is 8.31 Å². The van der Waals surface area contributed by atoms with Crippen LogP contribution in [0.3, 0.4) is 0 Å². The van der Waals surface area contributed by atoms with E-state index in [-0.39, 0.29) is 8.31 Å². The van der Waals surface area contributed by atoms with Crippen LogP contribution in [0.25, 0.3) is 0 Å². The van der Waals surface area contributed by atoms with E-state index in [9.17, 15) is 0 Å². The van der Waals surface area contributed by atoms with Crippen LogP contribution in [0.1, 0.15) is 0 Å². The van der Waals surface area contributed by atoms with E-state index in [2.05, 4.69) is 43.4 Å². The maximum absolute atomic E-state index is 2.36. The van der Waals surface area contributed by atoms with E-state index >= 15 is 0 Å². The first-order valence-electron chi connectivity index (χ1n) is 3.41. The highest BCUT2D eigenvalue weighted by molar-refractivity contribution is 7.16. The maximum Gasteiger partial charge on any atom is 0.0676 e. The number of benzene rings is 1. The molecule has 1 aromatic rings. The second-order valence-electron chi connectivity index (χ2n) is 2.49. The lowest BCUT2D eigenvalue weighted by molar-refractivity contribution is 1.77. The van der Waals surface area contributed by atoms with Crippen LogP contribution in [0, 0.1) is 0 Å². The van der Waals surface area contributed by atoms with Gasteiger partial charge < -0.3 is 0 Å². The molecule has 0 N–H and O–H groups in total. The number of hydrogen-bond donors (Lipinski definition) is 0. The third kappa shape index (κ3) is 2.50. The zero-order chi connectivity index (χ0) is 7.40. The summed E-state index contributed by atoms with van der Waals surface area (Å²) < 4.78 is 0. The van der Waals surface area contributed by atoms with Crippen molar-refractivity contribution in [1.82, 2.24) is 0 Å². The smallest absolute Gasteiger partial charge is 0.0676 e. The molecule has 1 aromatic carbocycles. The zero-order valence-electron chi connectivity index (χ0n) is 6.39. The van der Waals surface area contributed by atoms with Crippen molar-refractivity contribution >= 4 is 22.5 Å². The highest BCUT2D eigenvalue weighted by Gasteiger charge is 1.97. The monoisotopic (exact) mass is 163 g/mol.